The van der Waals surface area contributed by atoms with Crippen LogP contribution in [0.5, 0.6) is 0 Å². The molecule has 7 heteroatoms. The molecule has 0 fully saturated rings. The molecular weight excluding hydrogens is 250 g/mol. The fourth-order valence-corrected chi connectivity index (χ4v) is 1.93. The predicted molar refractivity (Wildman–Crippen MR) is 70.0 cm³/mol. The summed E-state index contributed by atoms with van der Waals surface area (Å²) < 4.78 is 5.16. The number of rotatable bonds is 5. The van der Waals surface area contributed by atoms with Gasteiger partial charge in [0.05, 0.1) is 6.04 Å². The van der Waals surface area contributed by atoms with Crippen LogP contribution >= 0.6 is 11.8 Å². The number of thioether (sulfide) groups is 1. The van der Waals surface area contributed by atoms with Gasteiger partial charge in [-0.25, -0.2) is 9.97 Å². The predicted octanol–water partition coefficient (Wildman–Crippen LogP) is 1.59. The summed E-state index contributed by atoms with van der Waals surface area (Å²) in [5, 5.41) is 3.89. The molecule has 0 aliphatic carbocycles. The Morgan fingerprint density at radius 2 is 2.28 bits per heavy atom. The van der Waals surface area contributed by atoms with Crippen molar-refractivity contribution in [2.75, 3.05) is 12.0 Å². The van der Waals surface area contributed by atoms with Crippen LogP contribution in [-0.2, 0) is 0 Å². The highest BCUT2D eigenvalue weighted by Gasteiger charge is 2.16. The van der Waals surface area contributed by atoms with Gasteiger partial charge < -0.3 is 10.3 Å². The minimum Gasteiger partial charge on any atom is -0.337 e. The van der Waals surface area contributed by atoms with Crippen molar-refractivity contribution in [2.24, 2.45) is 5.73 Å². The molecule has 18 heavy (non-hydrogen) atoms. The molecule has 0 aliphatic heterocycles. The Labute approximate surface area is 109 Å². The van der Waals surface area contributed by atoms with Gasteiger partial charge in [-0.1, -0.05) is 5.16 Å². The smallest absolute Gasteiger partial charge is 0.243 e. The Balaban J connectivity index is 2.15. The Morgan fingerprint density at radius 1 is 1.44 bits per heavy atom. The minimum atomic E-state index is -0.221. The van der Waals surface area contributed by atoms with Crippen LogP contribution in [0.2, 0.25) is 0 Å². The van der Waals surface area contributed by atoms with Crippen LogP contribution in [-0.4, -0.2) is 32.1 Å². The van der Waals surface area contributed by atoms with Gasteiger partial charge in [-0.2, -0.15) is 16.7 Å². The van der Waals surface area contributed by atoms with E-state index in [0.29, 0.717) is 23.2 Å². The molecule has 96 valence electrons. The minimum absolute atomic E-state index is 0.221. The van der Waals surface area contributed by atoms with E-state index in [-0.39, 0.29) is 6.04 Å². The van der Waals surface area contributed by atoms with E-state index in [1.807, 2.05) is 13.2 Å². The van der Waals surface area contributed by atoms with Crippen molar-refractivity contribution in [3.8, 4) is 11.5 Å². The highest BCUT2D eigenvalue weighted by molar-refractivity contribution is 7.98. The fourth-order valence-electron chi connectivity index (χ4n) is 1.44. The van der Waals surface area contributed by atoms with Gasteiger partial charge in [-0.05, 0) is 31.4 Å². The summed E-state index contributed by atoms with van der Waals surface area (Å²) in [5.74, 6) is 2.54. The van der Waals surface area contributed by atoms with Crippen molar-refractivity contribution in [3.63, 3.8) is 0 Å². The standard InChI is InChI=1S/C11H15N5OS/c1-7-13-5-3-9(14-7)10-15-11(17-16-10)8(12)4-6-18-2/h3,5,8H,4,6,12H2,1-2H3. The summed E-state index contributed by atoms with van der Waals surface area (Å²) in [6.45, 7) is 1.81. The second-order valence-corrected chi connectivity index (χ2v) is 4.82. The van der Waals surface area contributed by atoms with E-state index >= 15 is 0 Å². The lowest BCUT2D eigenvalue weighted by Crippen LogP contribution is -2.11. The van der Waals surface area contributed by atoms with Crippen molar-refractivity contribution < 1.29 is 4.52 Å². The SMILES string of the molecule is CSCCC(N)c1nc(-c2ccnc(C)n2)no1. The molecule has 0 saturated heterocycles. The topological polar surface area (TPSA) is 90.7 Å². The Kier molecular flexibility index (Phi) is 4.27. The van der Waals surface area contributed by atoms with Crippen LogP contribution in [0.15, 0.2) is 16.8 Å². The molecule has 6 nitrogen and oxygen atoms in total. The molecule has 2 aromatic heterocycles. The van der Waals surface area contributed by atoms with Gasteiger partial charge in [0, 0.05) is 6.20 Å². The zero-order valence-electron chi connectivity index (χ0n) is 10.3. The maximum atomic E-state index is 5.96. The van der Waals surface area contributed by atoms with E-state index in [1.54, 1.807) is 24.0 Å². The molecule has 2 aromatic rings. The van der Waals surface area contributed by atoms with Crippen LogP contribution in [0, 0.1) is 6.92 Å². The average molecular weight is 265 g/mol. The van der Waals surface area contributed by atoms with Gasteiger partial charge >= 0.3 is 0 Å². The number of aromatic nitrogens is 4. The van der Waals surface area contributed by atoms with Gasteiger partial charge in [0.2, 0.25) is 11.7 Å². The first-order valence-corrected chi connectivity index (χ1v) is 6.98. The van der Waals surface area contributed by atoms with E-state index in [0.717, 1.165) is 12.2 Å². The van der Waals surface area contributed by atoms with Crippen molar-refractivity contribution in [1.82, 2.24) is 20.1 Å². The van der Waals surface area contributed by atoms with Gasteiger partial charge in [-0.15, -0.1) is 0 Å². The van der Waals surface area contributed by atoms with Crippen molar-refractivity contribution in [2.45, 2.75) is 19.4 Å². The molecule has 2 rings (SSSR count). The molecule has 0 amide bonds. The zero-order valence-corrected chi connectivity index (χ0v) is 11.1. The Bertz CT molecular complexity index is 516. The Morgan fingerprint density at radius 3 is 3.00 bits per heavy atom. The third-order valence-corrected chi connectivity index (χ3v) is 3.04. The number of hydrogen-bond donors (Lipinski definition) is 1. The number of nitrogens with two attached hydrogens (primary N) is 1. The van der Waals surface area contributed by atoms with Gasteiger partial charge in [-0.3, -0.25) is 0 Å². The normalized spacial score (nSPS) is 12.6. The third-order valence-electron chi connectivity index (χ3n) is 2.40. The fraction of sp³-hybridized carbons (Fsp3) is 0.455. The Hall–Kier alpha value is -1.47. The number of aryl methyl sites for hydroxylation is 1. The van der Waals surface area contributed by atoms with Crippen LogP contribution in [0.3, 0.4) is 0 Å². The van der Waals surface area contributed by atoms with Crippen LogP contribution in [0.4, 0.5) is 0 Å². The summed E-state index contributed by atoms with van der Waals surface area (Å²) in [6.07, 6.45) is 4.52. The lowest BCUT2D eigenvalue weighted by Gasteiger charge is -2.03. The molecular formula is C11H15N5OS. The van der Waals surface area contributed by atoms with E-state index in [2.05, 4.69) is 20.1 Å². The van der Waals surface area contributed by atoms with Gasteiger partial charge in [0.25, 0.3) is 0 Å². The van der Waals surface area contributed by atoms with Gasteiger partial charge in [0.1, 0.15) is 11.5 Å². The number of nitrogens with zero attached hydrogens (tertiary/aromatic N) is 4. The molecule has 1 unspecified atom stereocenters. The summed E-state index contributed by atoms with van der Waals surface area (Å²) in [5.41, 5.74) is 6.61. The average Bonchev–Trinajstić information content (AvgIpc) is 2.85. The highest BCUT2D eigenvalue weighted by atomic mass is 32.2. The largest absolute Gasteiger partial charge is 0.337 e. The van der Waals surface area contributed by atoms with Crippen LogP contribution in [0.25, 0.3) is 11.5 Å². The second-order valence-electron chi connectivity index (χ2n) is 3.83. The third kappa shape index (κ3) is 3.05. The molecule has 0 spiro atoms. The van der Waals surface area contributed by atoms with Crippen molar-refractivity contribution >= 4 is 11.8 Å². The summed E-state index contributed by atoms with van der Waals surface area (Å²) in [6, 6.07) is 1.52. The molecule has 2 N–H and O–H groups in total. The first kappa shape index (κ1) is 13.0. The lowest BCUT2D eigenvalue weighted by molar-refractivity contribution is 0.353. The van der Waals surface area contributed by atoms with Gasteiger partial charge in [0.15, 0.2) is 0 Å². The van der Waals surface area contributed by atoms with E-state index < -0.39 is 0 Å². The maximum absolute atomic E-state index is 5.96. The first-order valence-electron chi connectivity index (χ1n) is 5.59. The summed E-state index contributed by atoms with van der Waals surface area (Å²) >= 11 is 1.74. The molecule has 0 aromatic carbocycles. The zero-order chi connectivity index (χ0) is 13.0. The summed E-state index contributed by atoms with van der Waals surface area (Å²) in [4.78, 5) is 12.5. The summed E-state index contributed by atoms with van der Waals surface area (Å²) in [7, 11) is 0. The quantitative estimate of drug-likeness (QED) is 0.877. The number of hydrogen-bond acceptors (Lipinski definition) is 7. The first-order chi connectivity index (χ1) is 8.70. The maximum Gasteiger partial charge on any atom is 0.243 e. The monoisotopic (exact) mass is 265 g/mol. The van der Waals surface area contributed by atoms with Crippen LogP contribution < -0.4 is 5.73 Å². The van der Waals surface area contributed by atoms with E-state index in [9.17, 15) is 0 Å². The van der Waals surface area contributed by atoms with E-state index in [4.69, 9.17) is 10.3 Å². The lowest BCUT2D eigenvalue weighted by atomic mass is 10.2. The second kappa shape index (κ2) is 5.92. The molecule has 0 aliphatic rings. The van der Waals surface area contributed by atoms with Crippen LogP contribution in [0.1, 0.15) is 24.2 Å². The molecule has 0 saturated carbocycles. The highest BCUT2D eigenvalue weighted by Crippen LogP contribution is 2.18. The molecule has 0 radical (unpaired) electrons. The molecule has 2 heterocycles. The van der Waals surface area contributed by atoms with Crippen molar-refractivity contribution in [1.29, 1.82) is 0 Å². The molecule has 0 bridgehead atoms. The van der Waals surface area contributed by atoms with Crippen molar-refractivity contribution in [3.05, 3.63) is 24.0 Å². The molecule has 1 atom stereocenters. The van der Waals surface area contributed by atoms with E-state index in [1.165, 1.54) is 0 Å².